The van der Waals surface area contributed by atoms with Crippen molar-refractivity contribution in [3.8, 4) is 0 Å². The Hall–Kier alpha value is 1.06. The molecule has 0 amide bonds. The van der Waals surface area contributed by atoms with Crippen LogP contribution in [0.2, 0.25) is 0 Å². The van der Waals surface area contributed by atoms with E-state index in [0.29, 0.717) is 6.61 Å². The van der Waals surface area contributed by atoms with Crippen molar-refractivity contribution in [2.45, 2.75) is 0 Å². The Kier molecular flexibility index (Phi) is 43.4. The van der Waals surface area contributed by atoms with Crippen molar-refractivity contribution in [3.05, 3.63) is 14.4 Å². The van der Waals surface area contributed by atoms with Crippen LogP contribution < -0.4 is 0 Å². The molecule has 0 radical (unpaired) electrons. The second kappa shape index (κ2) is 16.6. The van der Waals surface area contributed by atoms with Gasteiger partial charge in [-0.1, -0.05) is 6.61 Å². The minimum Gasteiger partial charge on any atom is -0.417 e. The van der Waals surface area contributed by atoms with E-state index in [-0.39, 0.29) is 40.1 Å². The van der Waals surface area contributed by atoms with E-state index in [0.717, 1.165) is 0 Å². The van der Waals surface area contributed by atoms with Gasteiger partial charge in [-0.3, -0.25) is 0 Å². The Morgan fingerprint density at radius 1 is 1.67 bits per heavy atom. The van der Waals surface area contributed by atoms with Gasteiger partial charge >= 0.3 is 32.7 Å². The first-order valence-corrected chi connectivity index (χ1v) is 1.20. The van der Waals surface area contributed by atoms with Crippen LogP contribution in [0.5, 0.6) is 0 Å². The summed E-state index contributed by atoms with van der Waals surface area (Å²) in [6, 6.07) is 0. The van der Waals surface area contributed by atoms with E-state index in [1.54, 1.807) is 7.11 Å². The van der Waals surface area contributed by atoms with Gasteiger partial charge in [0.2, 0.25) is 0 Å². The zero-order chi connectivity index (χ0) is 3.41. The zero-order valence-corrected chi connectivity index (χ0v) is 7.24. The Balaban J connectivity index is -0.0000000450. The predicted octanol–water partition coefficient (Wildman–Crippen LogP) is 0.915. The molecule has 0 aliphatic carbocycles. The summed E-state index contributed by atoms with van der Waals surface area (Å²) in [4.78, 5) is 0. The van der Waals surface area contributed by atoms with Crippen LogP contribution in [0.4, 0.5) is 0 Å². The van der Waals surface area contributed by atoms with E-state index in [1.165, 1.54) is 0 Å². The Morgan fingerprint density at radius 2 is 1.83 bits per heavy atom. The standard InChI is InChI=1S/C3H7O.CH3.Y/c1-3-4-2;;/h1,3H2,2H3;1H3;/q2*-1;+3. The molecular formula is C4H10OY+. The van der Waals surface area contributed by atoms with Gasteiger partial charge in [0.25, 0.3) is 0 Å². The van der Waals surface area contributed by atoms with Crippen LogP contribution in [0.3, 0.4) is 0 Å². The van der Waals surface area contributed by atoms with E-state index < -0.39 is 0 Å². The number of hydrogen-bond donors (Lipinski definition) is 0. The minimum atomic E-state index is 0. The molecule has 34 valence electrons. The summed E-state index contributed by atoms with van der Waals surface area (Å²) in [6.45, 7) is 3.95. The molecule has 0 aromatic heterocycles. The van der Waals surface area contributed by atoms with E-state index in [9.17, 15) is 0 Å². The van der Waals surface area contributed by atoms with Gasteiger partial charge in [-0.2, -0.15) is 0 Å². The molecule has 0 rings (SSSR count). The summed E-state index contributed by atoms with van der Waals surface area (Å²) < 4.78 is 4.43. The quantitative estimate of drug-likeness (QED) is 0.522. The molecule has 0 heterocycles. The molecule has 6 heavy (non-hydrogen) atoms. The van der Waals surface area contributed by atoms with Gasteiger partial charge in [0.1, 0.15) is 0 Å². The van der Waals surface area contributed by atoms with Crippen molar-refractivity contribution in [1.29, 1.82) is 0 Å². The van der Waals surface area contributed by atoms with Crippen LogP contribution >= 0.6 is 0 Å². The second-order valence-corrected chi connectivity index (χ2v) is 0.493. The largest absolute Gasteiger partial charge is 3.00 e. The summed E-state index contributed by atoms with van der Waals surface area (Å²) in [5, 5.41) is 0. The van der Waals surface area contributed by atoms with Gasteiger partial charge in [0.05, 0.1) is 0 Å². The van der Waals surface area contributed by atoms with Gasteiger partial charge < -0.3 is 19.1 Å². The zero-order valence-electron chi connectivity index (χ0n) is 4.40. The van der Waals surface area contributed by atoms with Gasteiger partial charge in [0.15, 0.2) is 0 Å². The van der Waals surface area contributed by atoms with Crippen molar-refractivity contribution >= 4 is 0 Å². The van der Waals surface area contributed by atoms with E-state index in [2.05, 4.69) is 11.7 Å². The average Bonchev–Trinajstić information content (AvgIpc) is 1.37. The van der Waals surface area contributed by atoms with Crippen LogP contribution in [0.15, 0.2) is 0 Å². The van der Waals surface area contributed by atoms with E-state index in [1.807, 2.05) is 0 Å². The fourth-order valence-electron chi connectivity index (χ4n) is 0. The van der Waals surface area contributed by atoms with E-state index in [4.69, 9.17) is 0 Å². The van der Waals surface area contributed by atoms with Crippen LogP contribution in [-0.2, 0) is 37.4 Å². The van der Waals surface area contributed by atoms with Crippen molar-refractivity contribution in [3.63, 3.8) is 0 Å². The normalized spacial score (nSPS) is 5.00. The first-order valence-electron chi connectivity index (χ1n) is 1.20. The topological polar surface area (TPSA) is 9.23 Å². The molecule has 0 saturated heterocycles. The van der Waals surface area contributed by atoms with Crippen LogP contribution in [-0.4, -0.2) is 13.7 Å². The molecule has 2 heteroatoms. The molecule has 0 unspecified atom stereocenters. The summed E-state index contributed by atoms with van der Waals surface area (Å²) in [7, 11) is 1.62. The van der Waals surface area contributed by atoms with Crippen LogP contribution in [0.25, 0.3) is 0 Å². The fraction of sp³-hybridized carbons (Fsp3) is 0.500. The van der Waals surface area contributed by atoms with Gasteiger partial charge in [-0.05, 0) is 0 Å². The molecule has 1 nitrogen and oxygen atoms in total. The first kappa shape index (κ1) is 15.7. The third kappa shape index (κ3) is 19.6. The summed E-state index contributed by atoms with van der Waals surface area (Å²) >= 11 is 0. The van der Waals surface area contributed by atoms with Crippen molar-refractivity contribution in [1.82, 2.24) is 0 Å². The Morgan fingerprint density at radius 3 is 1.83 bits per heavy atom. The number of methoxy groups -OCH3 is 1. The maximum absolute atomic E-state index is 4.43. The van der Waals surface area contributed by atoms with Crippen molar-refractivity contribution < 1.29 is 37.4 Å². The minimum absolute atomic E-state index is 0. The fourth-order valence-corrected chi connectivity index (χ4v) is 0. The van der Waals surface area contributed by atoms with Crippen molar-refractivity contribution in [2.24, 2.45) is 0 Å². The third-order valence-electron chi connectivity index (χ3n) is 0.204. The molecule has 0 aromatic carbocycles. The molecule has 0 fully saturated rings. The monoisotopic (exact) mass is 163 g/mol. The van der Waals surface area contributed by atoms with Crippen LogP contribution in [0.1, 0.15) is 0 Å². The maximum Gasteiger partial charge on any atom is 3.00 e. The molecule has 0 atom stereocenters. The molecule has 0 bridgehead atoms. The SMILES string of the molecule is [CH2-]COC.[CH3-].[Y+3]. The van der Waals surface area contributed by atoms with E-state index >= 15 is 0 Å². The van der Waals surface area contributed by atoms with Gasteiger partial charge in [-0.15, -0.1) is 0 Å². The smallest absolute Gasteiger partial charge is 0.417 e. The summed E-state index contributed by atoms with van der Waals surface area (Å²) in [5.74, 6) is 0. The number of ether oxygens (including phenoxy) is 1. The summed E-state index contributed by atoms with van der Waals surface area (Å²) in [5.41, 5.74) is 0. The van der Waals surface area contributed by atoms with Crippen LogP contribution in [0, 0.1) is 14.4 Å². The maximum atomic E-state index is 4.43. The predicted molar refractivity (Wildman–Crippen MR) is 23.6 cm³/mol. The molecule has 0 aliphatic rings. The second-order valence-electron chi connectivity index (χ2n) is 0.493. The van der Waals surface area contributed by atoms with Crippen molar-refractivity contribution in [2.75, 3.05) is 13.7 Å². The molecule has 0 N–H and O–H groups in total. The Labute approximate surface area is 65.3 Å². The average molecular weight is 163 g/mol. The first-order chi connectivity index (χ1) is 1.91. The molecule has 0 aliphatic heterocycles. The Bertz CT molecular complexity index is 9.51. The van der Waals surface area contributed by atoms with Gasteiger partial charge in [0, 0.05) is 7.11 Å². The molecule has 0 spiro atoms. The summed E-state index contributed by atoms with van der Waals surface area (Å²) in [6.07, 6.45) is 0. The molecular weight excluding hydrogens is 153 g/mol. The number of rotatable bonds is 1. The molecule has 0 aromatic rings. The molecule has 0 saturated carbocycles. The third-order valence-corrected chi connectivity index (χ3v) is 0.204. The number of hydrogen-bond acceptors (Lipinski definition) is 1. The van der Waals surface area contributed by atoms with Gasteiger partial charge in [-0.25, -0.2) is 0 Å².